The van der Waals surface area contributed by atoms with Crippen molar-refractivity contribution in [3.8, 4) is 17.2 Å². The number of carbonyl (C=O) groups excluding carboxylic acids is 3. The number of benzene rings is 2. The Morgan fingerprint density at radius 1 is 0.967 bits per heavy atom. The van der Waals surface area contributed by atoms with Gasteiger partial charge in [-0.05, 0) is 30.3 Å². The number of nitrogens with one attached hydrogen (secondary N) is 2. The van der Waals surface area contributed by atoms with Gasteiger partial charge >= 0.3 is 0 Å². The lowest BCUT2D eigenvalue weighted by Crippen LogP contribution is -2.34. The number of ether oxygens (including phenoxy) is 3. The fraction of sp³-hybridized carbons (Fsp3) is 0.286. The molecule has 3 amide bonds. The lowest BCUT2D eigenvalue weighted by molar-refractivity contribution is -0.121. The van der Waals surface area contributed by atoms with E-state index >= 15 is 0 Å². The Hall–Kier alpha value is -3.75. The molecule has 1 aliphatic rings. The molecule has 1 fully saturated rings. The van der Waals surface area contributed by atoms with Crippen molar-refractivity contribution in [2.45, 2.75) is 19.4 Å². The van der Waals surface area contributed by atoms with Crippen molar-refractivity contribution in [1.82, 2.24) is 0 Å². The molecule has 1 aliphatic heterocycles. The molecule has 0 unspecified atom stereocenters. The van der Waals surface area contributed by atoms with E-state index in [1.807, 2.05) is 0 Å². The lowest BCUT2D eigenvalue weighted by atomic mass is 10.2. The number of imide groups is 1. The van der Waals surface area contributed by atoms with Crippen LogP contribution >= 0.6 is 0 Å². The summed E-state index contributed by atoms with van der Waals surface area (Å²) in [6.45, 7) is 1.40. The molecule has 0 radical (unpaired) electrons. The SMILES string of the molecule is COc1ccc(NC(C)=O)cc1N[C@@H]1CC(=O)N(c2ccc(OC)c(OC)c2)C1=O. The average molecular weight is 413 g/mol. The second-order valence-electron chi connectivity index (χ2n) is 6.60. The summed E-state index contributed by atoms with van der Waals surface area (Å²) >= 11 is 0. The van der Waals surface area contributed by atoms with Gasteiger partial charge in [0, 0.05) is 18.7 Å². The quantitative estimate of drug-likeness (QED) is 0.672. The molecule has 1 saturated heterocycles. The predicted molar refractivity (Wildman–Crippen MR) is 111 cm³/mol. The van der Waals surface area contributed by atoms with Crippen LogP contribution in [0.4, 0.5) is 17.1 Å². The second kappa shape index (κ2) is 8.73. The monoisotopic (exact) mass is 413 g/mol. The zero-order valence-electron chi connectivity index (χ0n) is 17.1. The fourth-order valence-corrected chi connectivity index (χ4v) is 3.27. The van der Waals surface area contributed by atoms with Crippen LogP contribution in [0.1, 0.15) is 13.3 Å². The Balaban J connectivity index is 1.86. The number of carbonyl (C=O) groups is 3. The van der Waals surface area contributed by atoms with Gasteiger partial charge in [-0.3, -0.25) is 14.4 Å². The highest BCUT2D eigenvalue weighted by Gasteiger charge is 2.40. The molecule has 30 heavy (non-hydrogen) atoms. The Bertz CT molecular complexity index is 991. The van der Waals surface area contributed by atoms with E-state index in [0.717, 1.165) is 4.90 Å². The van der Waals surface area contributed by atoms with Crippen molar-refractivity contribution < 1.29 is 28.6 Å². The van der Waals surface area contributed by atoms with Crippen molar-refractivity contribution in [1.29, 1.82) is 0 Å². The normalized spacial score (nSPS) is 15.7. The third-order valence-electron chi connectivity index (χ3n) is 4.62. The van der Waals surface area contributed by atoms with Crippen LogP contribution in [-0.4, -0.2) is 45.1 Å². The number of nitrogens with zero attached hydrogens (tertiary/aromatic N) is 1. The van der Waals surface area contributed by atoms with Gasteiger partial charge in [0.25, 0.3) is 5.91 Å². The second-order valence-corrected chi connectivity index (χ2v) is 6.60. The van der Waals surface area contributed by atoms with Gasteiger partial charge in [-0.25, -0.2) is 4.90 Å². The third-order valence-corrected chi connectivity index (χ3v) is 4.62. The van der Waals surface area contributed by atoms with Gasteiger partial charge in [0.15, 0.2) is 11.5 Å². The minimum absolute atomic E-state index is 0.0271. The third kappa shape index (κ3) is 4.14. The van der Waals surface area contributed by atoms with Gasteiger partial charge in [0.05, 0.1) is 39.1 Å². The van der Waals surface area contributed by atoms with E-state index < -0.39 is 11.9 Å². The molecule has 9 nitrogen and oxygen atoms in total. The molecule has 3 rings (SSSR count). The van der Waals surface area contributed by atoms with Gasteiger partial charge < -0.3 is 24.8 Å². The first kappa shape index (κ1) is 21.0. The van der Waals surface area contributed by atoms with E-state index in [2.05, 4.69) is 10.6 Å². The Morgan fingerprint density at radius 3 is 2.27 bits per heavy atom. The van der Waals surface area contributed by atoms with Gasteiger partial charge in [0.1, 0.15) is 11.8 Å². The summed E-state index contributed by atoms with van der Waals surface area (Å²) in [4.78, 5) is 38.1. The summed E-state index contributed by atoms with van der Waals surface area (Å²) in [5.41, 5.74) is 1.43. The molecule has 0 bridgehead atoms. The summed E-state index contributed by atoms with van der Waals surface area (Å²) in [6, 6.07) is 9.05. The Kier molecular flexibility index (Phi) is 6.10. The number of amides is 3. The molecular weight excluding hydrogens is 390 g/mol. The van der Waals surface area contributed by atoms with Crippen molar-refractivity contribution in [2.24, 2.45) is 0 Å². The minimum Gasteiger partial charge on any atom is -0.495 e. The number of anilines is 3. The first-order valence-corrected chi connectivity index (χ1v) is 9.19. The van der Waals surface area contributed by atoms with Gasteiger partial charge in [-0.2, -0.15) is 0 Å². The van der Waals surface area contributed by atoms with Crippen LogP contribution in [0.5, 0.6) is 17.2 Å². The van der Waals surface area contributed by atoms with Crippen molar-refractivity contribution in [3.63, 3.8) is 0 Å². The molecule has 0 saturated carbocycles. The summed E-state index contributed by atoms with van der Waals surface area (Å²) < 4.78 is 15.8. The number of rotatable bonds is 7. The molecular formula is C21H23N3O6. The molecule has 0 aliphatic carbocycles. The van der Waals surface area contributed by atoms with E-state index in [9.17, 15) is 14.4 Å². The van der Waals surface area contributed by atoms with E-state index in [1.165, 1.54) is 28.3 Å². The van der Waals surface area contributed by atoms with Crippen LogP contribution in [0.2, 0.25) is 0 Å². The minimum atomic E-state index is -0.785. The van der Waals surface area contributed by atoms with E-state index in [-0.39, 0.29) is 18.2 Å². The predicted octanol–water partition coefficient (Wildman–Crippen LogP) is 2.41. The standard InChI is InChI=1S/C21H23N3O6/c1-12(25)22-13-5-7-17(28-2)15(9-13)23-16-11-20(26)24(21(16)27)14-6-8-18(29-3)19(10-14)30-4/h5-10,16,23H,11H2,1-4H3,(H,22,25)/t16-/m1/s1. The zero-order valence-corrected chi connectivity index (χ0v) is 17.1. The van der Waals surface area contributed by atoms with Crippen LogP contribution in [0.25, 0.3) is 0 Å². The van der Waals surface area contributed by atoms with Crippen LogP contribution in [0, 0.1) is 0 Å². The molecule has 2 aromatic carbocycles. The van der Waals surface area contributed by atoms with Gasteiger partial charge in [-0.15, -0.1) is 0 Å². The lowest BCUT2D eigenvalue weighted by Gasteiger charge is -2.19. The molecule has 9 heteroatoms. The zero-order chi connectivity index (χ0) is 21.8. The van der Waals surface area contributed by atoms with Crippen molar-refractivity contribution in [2.75, 3.05) is 36.9 Å². The largest absolute Gasteiger partial charge is 0.495 e. The first-order valence-electron chi connectivity index (χ1n) is 9.19. The smallest absolute Gasteiger partial charge is 0.256 e. The summed E-state index contributed by atoms with van der Waals surface area (Å²) in [6.07, 6.45) is -0.0271. The highest BCUT2D eigenvalue weighted by atomic mass is 16.5. The topological polar surface area (TPSA) is 106 Å². The van der Waals surface area contributed by atoms with Crippen LogP contribution in [0.3, 0.4) is 0 Å². The Morgan fingerprint density at radius 2 is 1.63 bits per heavy atom. The number of methoxy groups -OCH3 is 3. The molecule has 1 heterocycles. The summed E-state index contributed by atoms with van der Waals surface area (Å²) in [5, 5.41) is 5.74. The molecule has 0 aromatic heterocycles. The maximum absolute atomic E-state index is 13.0. The first-order chi connectivity index (χ1) is 14.4. The van der Waals surface area contributed by atoms with E-state index in [1.54, 1.807) is 36.4 Å². The number of hydrogen-bond acceptors (Lipinski definition) is 7. The molecule has 2 N–H and O–H groups in total. The van der Waals surface area contributed by atoms with Gasteiger partial charge in [-0.1, -0.05) is 0 Å². The maximum Gasteiger partial charge on any atom is 0.256 e. The molecule has 2 aromatic rings. The Labute approximate surface area is 173 Å². The van der Waals surface area contributed by atoms with Crippen LogP contribution in [-0.2, 0) is 14.4 Å². The summed E-state index contributed by atoms with van der Waals surface area (Å²) in [5.74, 6) is 0.416. The highest BCUT2D eigenvalue weighted by molar-refractivity contribution is 6.23. The van der Waals surface area contributed by atoms with E-state index in [0.29, 0.717) is 34.3 Å². The molecule has 1 atom stereocenters. The highest BCUT2D eigenvalue weighted by Crippen LogP contribution is 2.35. The van der Waals surface area contributed by atoms with Gasteiger partial charge in [0.2, 0.25) is 11.8 Å². The van der Waals surface area contributed by atoms with Crippen LogP contribution in [0.15, 0.2) is 36.4 Å². The van der Waals surface area contributed by atoms with Crippen molar-refractivity contribution in [3.05, 3.63) is 36.4 Å². The molecule has 158 valence electrons. The number of hydrogen-bond donors (Lipinski definition) is 2. The molecule has 0 spiro atoms. The van der Waals surface area contributed by atoms with E-state index in [4.69, 9.17) is 14.2 Å². The fourth-order valence-electron chi connectivity index (χ4n) is 3.27. The van der Waals surface area contributed by atoms with Crippen molar-refractivity contribution >= 4 is 34.8 Å². The maximum atomic E-state index is 13.0. The summed E-state index contributed by atoms with van der Waals surface area (Å²) in [7, 11) is 4.48. The average Bonchev–Trinajstić information content (AvgIpc) is 3.00. The van der Waals surface area contributed by atoms with Crippen LogP contribution < -0.4 is 29.7 Å².